The van der Waals surface area contributed by atoms with E-state index >= 15 is 0 Å². The molecule has 2 aromatic rings. The lowest BCUT2D eigenvalue weighted by Gasteiger charge is -2.48. The Balaban J connectivity index is 1.41. The third-order valence-electron chi connectivity index (χ3n) is 6.71. The number of fused-ring (bicyclic) bond motifs is 4. The molecule has 3 heterocycles. The fraction of sp³-hybridized carbons (Fsp3) is 0.375. The van der Waals surface area contributed by atoms with Crippen LogP contribution in [-0.4, -0.2) is 41.4 Å². The van der Waals surface area contributed by atoms with Gasteiger partial charge in [-0.2, -0.15) is 0 Å². The summed E-state index contributed by atoms with van der Waals surface area (Å²) >= 11 is 0. The number of rotatable bonds is 3. The van der Waals surface area contributed by atoms with Gasteiger partial charge in [-0.3, -0.25) is 19.3 Å². The summed E-state index contributed by atoms with van der Waals surface area (Å²) in [6.45, 7) is 2.94. The molecule has 0 aliphatic carbocycles. The zero-order valence-corrected chi connectivity index (χ0v) is 17.1. The van der Waals surface area contributed by atoms with Crippen molar-refractivity contribution in [1.82, 2.24) is 4.90 Å². The molecule has 0 unspecified atom stereocenters. The van der Waals surface area contributed by atoms with Gasteiger partial charge in [0.25, 0.3) is 5.91 Å². The van der Waals surface area contributed by atoms with Crippen molar-refractivity contribution in [2.75, 3.05) is 22.9 Å². The molecule has 5 rings (SSSR count). The highest BCUT2D eigenvalue weighted by molar-refractivity contribution is 6.10. The van der Waals surface area contributed by atoms with Gasteiger partial charge in [0.05, 0.1) is 11.3 Å². The Bertz CT molecular complexity index is 1050. The second-order valence-corrected chi connectivity index (χ2v) is 8.45. The van der Waals surface area contributed by atoms with E-state index in [1.165, 1.54) is 5.56 Å². The molecular weight excluding hydrogens is 378 g/mol. The Morgan fingerprint density at radius 1 is 1.00 bits per heavy atom. The third-order valence-corrected chi connectivity index (χ3v) is 6.71. The molecule has 0 spiro atoms. The van der Waals surface area contributed by atoms with Gasteiger partial charge < -0.3 is 9.80 Å². The third kappa shape index (κ3) is 2.74. The molecule has 3 amide bonds. The Morgan fingerprint density at radius 3 is 2.57 bits per heavy atom. The molecule has 3 aliphatic rings. The molecule has 6 heteroatoms. The summed E-state index contributed by atoms with van der Waals surface area (Å²) in [4.78, 5) is 44.4. The summed E-state index contributed by atoms with van der Waals surface area (Å²) in [7, 11) is 0. The van der Waals surface area contributed by atoms with Gasteiger partial charge in [0.1, 0.15) is 5.66 Å². The molecule has 0 saturated carbocycles. The van der Waals surface area contributed by atoms with Crippen LogP contribution in [0.3, 0.4) is 0 Å². The predicted molar refractivity (Wildman–Crippen MR) is 114 cm³/mol. The van der Waals surface area contributed by atoms with Crippen molar-refractivity contribution in [3.8, 4) is 0 Å². The first kappa shape index (κ1) is 18.9. The van der Waals surface area contributed by atoms with Crippen LogP contribution in [-0.2, 0) is 16.0 Å². The molecule has 154 valence electrons. The molecular formula is C24H25N3O3. The maximum absolute atomic E-state index is 13.3. The van der Waals surface area contributed by atoms with E-state index in [2.05, 4.69) is 6.07 Å². The summed E-state index contributed by atoms with van der Waals surface area (Å²) < 4.78 is 0. The number of amides is 3. The number of anilines is 2. The minimum Gasteiger partial charge on any atom is -0.315 e. The zero-order valence-electron chi connectivity index (χ0n) is 17.1. The van der Waals surface area contributed by atoms with Gasteiger partial charge in [0.15, 0.2) is 0 Å². The standard InChI is InChI=1S/C24H25N3O3/c1-24-14-12-22(29)27(24)20-11-5-3-9-18(20)23(30)26(24)16-13-21(28)25-15-6-8-17-7-2-4-10-19(17)25/h2-5,7,9-11H,6,8,12-16H2,1H3/t24-/m0/s1. The first-order chi connectivity index (χ1) is 14.5. The van der Waals surface area contributed by atoms with Gasteiger partial charge in [-0.25, -0.2) is 0 Å². The quantitative estimate of drug-likeness (QED) is 0.790. The number of hydrogen-bond acceptors (Lipinski definition) is 3. The number of para-hydroxylation sites is 2. The maximum Gasteiger partial charge on any atom is 0.257 e. The number of carbonyl (C=O) groups is 3. The fourth-order valence-electron chi connectivity index (χ4n) is 5.18. The van der Waals surface area contributed by atoms with E-state index in [0.29, 0.717) is 37.2 Å². The minimum atomic E-state index is -0.720. The molecule has 1 atom stereocenters. The van der Waals surface area contributed by atoms with Crippen LogP contribution in [0.15, 0.2) is 48.5 Å². The lowest BCUT2D eigenvalue weighted by Crippen LogP contribution is -2.62. The van der Waals surface area contributed by atoms with Gasteiger partial charge in [0, 0.05) is 31.6 Å². The topological polar surface area (TPSA) is 60.9 Å². The highest BCUT2D eigenvalue weighted by Gasteiger charge is 2.52. The first-order valence-corrected chi connectivity index (χ1v) is 10.6. The van der Waals surface area contributed by atoms with E-state index in [9.17, 15) is 14.4 Å². The number of nitrogens with zero attached hydrogens (tertiary/aromatic N) is 3. The van der Waals surface area contributed by atoms with Gasteiger partial charge in [-0.05, 0) is 49.9 Å². The zero-order chi connectivity index (χ0) is 20.9. The number of aryl methyl sites for hydroxylation is 1. The maximum atomic E-state index is 13.3. The molecule has 2 aromatic carbocycles. The van der Waals surface area contributed by atoms with Crippen LogP contribution >= 0.6 is 0 Å². The van der Waals surface area contributed by atoms with Crippen molar-refractivity contribution in [2.45, 2.75) is 44.7 Å². The van der Waals surface area contributed by atoms with E-state index in [4.69, 9.17) is 0 Å². The number of hydrogen-bond donors (Lipinski definition) is 0. The average Bonchev–Trinajstić information content (AvgIpc) is 3.08. The number of carbonyl (C=O) groups excluding carboxylic acids is 3. The van der Waals surface area contributed by atoms with E-state index in [0.717, 1.165) is 18.5 Å². The van der Waals surface area contributed by atoms with E-state index < -0.39 is 5.66 Å². The Hall–Kier alpha value is -3.15. The average molecular weight is 403 g/mol. The SMILES string of the molecule is C[C@@]12CCC(=O)N1c1ccccc1C(=O)N2CCC(=O)N1CCCc2ccccc21. The van der Waals surface area contributed by atoms with Crippen LogP contribution in [0.1, 0.15) is 48.5 Å². The Kier molecular flexibility index (Phi) is 4.38. The van der Waals surface area contributed by atoms with E-state index in [1.807, 2.05) is 48.2 Å². The van der Waals surface area contributed by atoms with E-state index in [-0.39, 0.29) is 24.1 Å². The molecule has 0 N–H and O–H groups in total. The smallest absolute Gasteiger partial charge is 0.257 e. The predicted octanol–water partition coefficient (Wildman–Crippen LogP) is 3.35. The lowest BCUT2D eigenvalue weighted by atomic mass is 9.97. The normalized spacial score (nSPS) is 22.6. The van der Waals surface area contributed by atoms with Crippen LogP contribution in [0.5, 0.6) is 0 Å². The first-order valence-electron chi connectivity index (χ1n) is 10.6. The lowest BCUT2D eigenvalue weighted by molar-refractivity contribution is -0.119. The van der Waals surface area contributed by atoms with Crippen molar-refractivity contribution in [3.05, 3.63) is 59.7 Å². The summed E-state index contributed by atoms with van der Waals surface area (Å²) in [5.74, 6) is -0.0575. The molecule has 1 saturated heterocycles. The Morgan fingerprint density at radius 2 is 1.73 bits per heavy atom. The van der Waals surface area contributed by atoms with Crippen molar-refractivity contribution in [1.29, 1.82) is 0 Å². The van der Waals surface area contributed by atoms with Gasteiger partial charge in [-0.15, -0.1) is 0 Å². The molecule has 3 aliphatic heterocycles. The second-order valence-electron chi connectivity index (χ2n) is 8.45. The molecule has 6 nitrogen and oxygen atoms in total. The van der Waals surface area contributed by atoms with E-state index in [1.54, 1.807) is 15.9 Å². The molecule has 1 fully saturated rings. The van der Waals surface area contributed by atoms with Crippen LogP contribution < -0.4 is 9.80 Å². The van der Waals surface area contributed by atoms with Crippen LogP contribution in [0.25, 0.3) is 0 Å². The largest absolute Gasteiger partial charge is 0.315 e. The van der Waals surface area contributed by atoms with Gasteiger partial charge >= 0.3 is 0 Å². The van der Waals surface area contributed by atoms with Crippen molar-refractivity contribution < 1.29 is 14.4 Å². The van der Waals surface area contributed by atoms with Crippen LogP contribution in [0, 0.1) is 0 Å². The summed E-state index contributed by atoms with van der Waals surface area (Å²) in [6.07, 6.45) is 3.14. The van der Waals surface area contributed by atoms with Gasteiger partial charge in [-0.1, -0.05) is 30.3 Å². The summed E-state index contributed by atoms with van der Waals surface area (Å²) in [5, 5.41) is 0. The second kappa shape index (κ2) is 6.97. The van der Waals surface area contributed by atoms with Crippen molar-refractivity contribution in [2.24, 2.45) is 0 Å². The van der Waals surface area contributed by atoms with Crippen molar-refractivity contribution in [3.63, 3.8) is 0 Å². The number of benzene rings is 2. The Labute approximate surface area is 176 Å². The van der Waals surface area contributed by atoms with Gasteiger partial charge in [0.2, 0.25) is 11.8 Å². The molecule has 30 heavy (non-hydrogen) atoms. The van der Waals surface area contributed by atoms with Crippen LogP contribution in [0.4, 0.5) is 11.4 Å². The summed E-state index contributed by atoms with van der Waals surface area (Å²) in [6, 6.07) is 15.3. The highest BCUT2D eigenvalue weighted by atomic mass is 16.2. The van der Waals surface area contributed by atoms with Crippen LogP contribution in [0.2, 0.25) is 0 Å². The minimum absolute atomic E-state index is 0.0216. The molecule has 0 bridgehead atoms. The fourth-order valence-corrected chi connectivity index (χ4v) is 5.18. The highest BCUT2D eigenvalue weighted by Crippen LogP contribution is 2.44. The monoisotopic (exact) mass is 403 g/mol. The summed E-state index contributed by atoms with van der Waals surface area (Å²) in [5.41, 5.74) is 2.66. The van der Waals surface area contributed by atoms with Crippen molar-refractivity contribution >= 4 is 29.1 Å². The molecule has 0 aromatic heterocycles. The molecule has 0 radical (unpaired) electrons.